The standard InChI is InChI=1S/C21H24ClFN2OS.C4H4O4/c22-16-3-5-20-18(13-16)19(12-15-2-4-17(23)14-21(15)27-20)25-9-7-24(8-10-25)6-1-11-26;5-3(6)1-2-4(7)8/h2-5,13-14,19,26H,1,6-12H2;1-2H,(H,5,6)(H,7,8)/b;2-1-. The fourth-order valence-electron chi connectivity index (χ4n) is 4.16. The SMILES string of the molecule is O=C(O)/C=C\C(=O)O.OCCCN1CCN(C2Cc3ccc(F)cc3Sc3ccc(Cl)cc32)CC1. The van der Waals surface area contributed by atoms with E-state index in [0.717, 1.165) is 60.4 Å². The van der Waals surface area contributed by atoms with Gasteiger partial charge in [-0.25, -0.2) is 14.0 Å². The van der Waals surface area contributed by atoms with Crippen LogP contribution in [0.5, 0.6) is 0 Å². The molecule has 2 aliphatic rings. The number of rotatable bonds is 6. The number of benzene rings is 2. The van der Waals surface area contributed by atoms with E-state index >= 15 is 0 Å². The molecule has 0 aromatic heterocycles. The third-order valence-electron chi connectivity index (χ3n) is 5.84. The molecule has 188 valence electrons. The lowest BCUT2D eigenvalue weighted by Crippen LogP contribution is -2.48. The molecule has 10 heteroatoms. The molecule has 3 N–H and O–H groups in total. The molecule has 1 atom stereocenters. The number of fused-ring (bicyclic) bond motifs is 2. The zero-order valence-electron chi connectivity index (χ0n) is 19.1. The molecule has 1 fully saturated rings. The molecular formula is C25H28ClFN2O5S. The second kappa shape index (κ2) is 13.0. The van der Waals surface area contributed by atoms with Crippen molar-refractivity contribution in [2.24, 2.45) is 0 Å². The third-order valence-corrected chi connectivity index (χ3v) is 7.27. The van der Waals surface area contributed by atoms with Gasteiger partial charge in [-0.05, 0) is 54.3 Å². The second-order valence-electron chi connectivity index (χ2n) is 8.22. The highest BCUT2D eigenvalue weighted by Gasteiger charge is 2.30. The number of aliphatic hydroxyl groups excluding tert-OH is 1. The summed E-state index contributed by atoms with van der Waals surface area (Å²) in [4.78, 5) is 26.2. The van der Waals surface area contributed by atoms with Crippen molar-refractivity contribution in [3.63, 3.8) is 0 Å². The van der Waals surface area contributed by atoms with Crippen LogP contribution in [-0.4, -0.2) is 76.4 Å². The van der Waals surface area contributed by atoms with Crippen molar-refractivity contribution >= 4 is 35.3 Å². The molecule has 0 radical (unpaired) electrons. The van der Waals surface area contributed by atoms with Gasteiger partial charge in [0.1, 0.15) is 5.82 Å². The lowest BCUT2D eigenvalue weighted by atomic mass is 9.96. The van der Waals surface area contributed by atoms with Gasteiger partial charge < -0.3 is 20.2 Å². The average molecular weight is 523 g/mol. The first-order valence-corrected chi connectivity index (χ1v) is 12.4. The zero-order chi connectivity index (χ0) is 25.4. The summed E-state index contributed by atoms with van der Waals surface area (Å²) in [6, 6.07) is 11.4. The first kappa shape index (κ1) is 27.2. The Balaban J connectivity index is 0.000000371. The summed E-state index contributed by atoms with van der Waals surface area (Å²) in [6.45, 7) is 5.20. The van der Waals surface area contributed by atoms with E-state index in [4.69, 9.17) is 26.9 Å². The summed E-state index contributed by atoms with van der Waals surface area (Å²) in [6.07, 6.45) is 2.81. The Hall–Kier alpha value is -2.43. The van der Waals surface area contributed by atoms with Crippen LogP contribution < -0.4 is 0 Å². The third kappa shape index (κ3) is 8.05. The molecule has 2 aliphatic heterocycles. The van der Waals surface area contributed by atoms with Crippen molar-refractivity contribution in [2.45, 2.75) is 28.7 Å². The van der Waals surface area contributed by atoms with Crippen molar-refractivity contribution in [1.29, 1.82) is 0 Å². The fourth-order valence-corrected chi connectivity index (χ4v) is 5.48. The number of carbonyl (C=O) groups is 2. The van der Waals surface area contributed by atoms with Gasteiger partial charge in [0, 0.05) is 72.3 Å². The summed E-state index contributed by atoms with van der Waals surface area (Å²) in [5, 5.41) is 25.4. The maximum atomic E-state index is 13.8. The van der Waals surface area contributed by atoms with Crippen LogP contribution in [0.1, 0.15) is 23.6 Å². The van der Waals surface area contributed by atoms with Gasteiger partial charge in [0.25, 0.3) is 0 Å². The number of hydrogen-bond donors (Lipinski definition) is 3. The Morgan fingerprint density at radius 2 is 1.71 bits per heavy atom. The number of aliphatic hydroxyl groups is 1. The van der Waals surface area contributed by atoms with Crippen LogP contribution in [0.4, 0.5) is 4.39 Å². The van der Waals surface area contributed by atoms with E-state index in [0.29, 0.717) is 12.2 Å². The summed E-state index contributed by atoms with van der Waals surface area (Å²) in [7, 11) is 0. The number of nitrogens with zero attached hydrogens (tertiary/aromatic N) is 2. The van der Waals surface area contributed by atoms with Crippen LogP contribution in [0.25, 0.3) is 0 Å². The van der Waals surface area contributed by atoms with Crippen molar-refractivity contribution in [3.05, 3.63) is 70.5 Å². The smallest absolute Gasteiger partial charge is 0.328 e. The Morgan fingerprint density at radius 3 is 2.34 bits per heavy atom. The lowest BCUT2D eigenvalue weighted by molar-refractivity contribution is -0.134. The van der Waals surface area contributed by atoms with Crippen LogP contribution in [-0.2, 0) is 16.0 Å². The van der Waals surface area contributed by atoms with E-state index in [-0.39, 0.29) is 18.5 Å². The molecule has 0 saturated carbocycles. The number of carboxylic acid groups (broad SMARTS) is 2. The molecular weight excluding hydrogens is 495 g/mol. The number of halogens is 2. The molecule has 0 aliphatic carbocycles. The molecule has 0 amide bonds. The van der Waals surface area contributed by atoms with E-state index in [9.17, 15) is 14.0 Å². The van der Waals surface area contributed by atoms with Gasteiger partial charge in [0.2, 0.25) is 0 Å². The van der Waals surface area contributed by atoms with Gasteiger partial charge in [0.15, 0.2) is 0 Å². The molecule has 4 rings (SSSR count). The molecule has 7 nitrogen and oxygen atoms in total. The summed E-state index contributed by atoms with van der Waals surface area (Å²) in [5.74, 6) is -2.70. The first-order chi connectivity index (χ1) is 16.8. The van der Waals surface area contributed by atoms with E-state index in [1.165, 1.54) is 11.1 Å². The minimum absolute atomic E-state index is 0.187. The topological polar surface area (TPSA) is 101 Å². The van der Waals surface area contributed by atoms with Crippen molar-refractivity contribution in [2.75, 3.05) is 39.3 Å². The second-order valence-corrected chi connectivity index (χ2v) is 9.74. The summed E-state index contributed by atoms with van der Waals surface area (Å²) < 4.78 is 13.8. The van der Waals surface area contributed by atoms with Crippen LogP contribution in [0.2, 0.25) is 5.02 Å². The molecule has 2 aromatic rings. The monoisotopic (exact) mass is 522 g/mol. The molecule has 1 saturated heterocycles. The van der Waals surface area contributed by atoms with E-state index in [1.807, 2.05) is 12.1 Å². The normalized spacial score (nSPS) is 18.2. The highest BCUT2D eigenvalue weighted by Crippen LogP contribution is 2.44. The van der Waals surface area contributed by atoms with Crippen LogP contribution in [0, 0.1) is 5.82 Å². The van der Waals surface area contributed by atoms with Gasteiger partial charge >= 0.3 is 11.9 Å². The Kier molecular flexibility index (Phi) is 10.1. The van der Waals surface area contributed by atoms with Crippen LogP contribution in [0.3, 0.4) is 0 Å². The van der Waals surface area contributed by atoms with Crippen molar-refractivity contribution in [1.82, 2.24) is 9.80 Å². The Bertz CT molecular complexity index is 1060. The van der Waals surface area contributed by atoms with Gasteiger partial charge in [-0.1, -0.05) is 29.4 Å². The van der Waals surface area contributed by atoms with Gasteiger partial charge in [-0.2, -0.15) is 0 Å². The summed E-state index contributed by atoms with van der Waals surface area (Å²) in [5.41, 5.74) is 2.44. The van der Waals surface area contributed by atoms with Gasteiger partial charge in [-0.15, -0.1) is 0 Å². The maximum Gasteiger partial charge on any atom is 0.328 e. The van der Waals surface area contributed by atoms with E-state index in [2.05, 4.69) is 21.9 Å². The Labute approximate surface area is 212 Å². The van der Waals surface area contributed by atoms with Crippen LogP contribution >= 0.6 is 23.4 Å². The number of carboxylic acids is 2. The predicted octanol–water partition coefficient (Wildman–Crippen LogP) is 3.94. The number of hydrogen-bond acceptors (Lipinski definition) is 6. The molecule has 0 spiro atoms. The fraction of sp³-hybridized carbons (Fsp3) is 0.360. The first-order valence-electron chi connectivity index (χ1n) is 11.2. The van der Waals surface area contributed by atoms with Gasteiger partial charge in [0.05, 0.1) is 0 Å². The molecule has 2 aromatic carbocycles. The minimum atomic E-state index is -1.26. The Morgan fingerprint density at radius 1 is 1.03 bits per heavy atom. The lowest BCUT2D eigenvalue weighted by Gasteiger charge is -2.39. The number of aliphatic carboxylic acids is 2. The highest BCUT2D eigenvalue weighted by molar-refractivity contribution is 7.99. The minimum Gasteiger partial charge on any atom is -0.478 e. The molecule has 0 bridgehead atoms. The number of piperazine rings is 1. The zero-order valence-corrected chi connectivity index (χ0v) is 20.6. The van der Waals surface area contributed by atoms with Crippen LogP contribution in [0.15, 0.2) is 58.3 Å². The van der Waals surface area contributed by atoms with E-state index < -0.39 is 11.9 Å². The average Bonchev–Trinajstić information content (AvgIpc) is 2.98. The summed E-state index contributed by atoms with van der Waals surface area (Å²) >= 11 is 7.97. The predicted molar refractivity (Wildman–Crippen MR) is 133 cm³/mol. The van der Waals surface area contributed by atoms with Crippen molar-refractivity contribution < 1.29 is 29.3 Å². The van der Waals surface area contributed by atoms with Gasteiger partial charge in [-0.3, -0.25) is 4.90 Å². The maximum absolute atomic E-state index is 13.8. The largest absolute Gasteiger partial charge is 0.478 e. The molecule has 35 heavy (non-hydrogen) atoms. The molecule has 2 heterocycles. The van der Waals surface area contributed by atoms with Crippen molar-refractivity contribution in [3.8, 4) is 0 Å². The quantitative estimate of drug-likeness (QED) is 0.490. The molecule has 1 unspecified atom stereocenters. The highest BCUT2D eigenvalue weighted by atomic mass is 35.5. The van der Waals surface area contributed by atoms with E-state index in [1.54, 1.807) is 23.9 Å².